The molecule has 0 saturated heterocycles. The van der Waals surface area contributed by atoms with Crippen molar-refractivity contribution in [3.05, 3.63) is 58.6 Å². The lowest BCUT2D eigenvalue weighted by molar-refractivity contribution is 0.284. The molecule has 0 saturated carbocycles. The van der Waals surface area contributed by atoms with Gasteiger partial charge in [0.05, 0.1) is 12.8 Å². The van der Waals surface area contributed by atoms with Gasteiger partial charge in [0.25, 0.3) is 0 Å². The third kappa shape index (κ3) is 4.02. The summed E-state index contributed by atoms with van der Waals surface area (Å²) in [6.45, 7) is 0.351. The molecule has 8 heteroatoms. The number of nitrogens with two attached hydrogens (primary N) is 2. The number of anilines is 2. The van der Waals surface area contributed by atoms with E-state index in [1.165, 1.54) is 7.11 Å². The van der Waals surface area contributed by atoms with E-state index in [1.54, 1.807) is 30.3 Å². The average molecular weight is 382 g/mol. The van der Waals surface area contributed by atoms with Gasteiger partial charge in [0.15, 0.2) is 11.5 Å². The van der Waals surface area contributed by atoms with Crippen molar-refractivity contribution in [2.45, 2.75) is 6.61 Å². The van der Waals surface area contributed by atoms with Crippen molar-refractivity contribution in [2.75, 3.05) is 18.6 Å². The quantitative estimate of drug-likeness (QED) is 0.694. The number of benzene rings is 2. The average Bonchev–Trinajstić information content (AvgIpc) is 2.67. The van der Waals surface area contributed by atoms with E-state index >= 15 is 0 Å². The van der Waals surface area contributed by atoms with Crippen LogP contribution < -0.4 is 20.9 Å². The van der Waals surface area contributed by atoms with Crippen LogP contribution in [-0.4, -0.2) is 17.1 Å². The topological polar surface area (TPSA) is 120 Å². The van der Waals surface area contributed by atoms with Crippen LogP contribution in [0.1, 0.15) is 11.1 Å². The highest BCUT2D eigenvalue weighted by molar-refractivity contribution is 6.30. The molecular weight excluding hydrogens is 366 g/mol. The highest BCUT2D eigenvalue weighted by Gasteiger charge is 2.15. The number of nitriles is 1. The van der Waals surface area contributed by atoms with E-state index in [0.717, 1.165) is 5.56 Å². The normalized spacial score (nSPS) is 10.3. The van der Waals surface area contributed by atoms with E-state index in [9.17, 15) is 5.26 Å². The fourth-order valence-electron chi connectivity index (χ4n) is 2.49. The van der Waals surface area contributed by atoms with E-state index in [1.807, 2.05) is 18.2 Å². The molecule has 0 fully saturated rings. The molecule has 0 atom stereocenters. The summed E-state index contributed by atoms with van der Waals surface area (Å²) in [4.78, 5) is 7.95. The predicted octanol–water partition coefficient (Wildman–Crippen LogP) is 3.42. The van der Waals surface area contributed by atoms with Crippen molar-refractivity contribution in [3.8, 4) is 28.8 Å². The molecule has 4 N–H and O–H groups in total. The SMILES string of the molecule is COc1cc(-c2nc(N)nc(N)c2C#N)ccc1OCc1ccc(Cl)cc1. The largest absolute Gasteiger partial charge is 0.493 e. The van der Waals surface area contributed by atoms with Crippen molar-refractivity contribution >= 4 is 23.4 Å². The van der Waals surface area contributed by atoms with Crippen LogP contribution in [0.2, 0.25) is 5.02 Å². The van der Waals surface area contributed by atoms with Gasteiger partial charge in [-0.15, -0.1) is 0 Å². The molecule has 27 heavy (non-hydrogen) atoms. The maximum atomic E-state index is 9.35. The smallest absolute Gasteiger partial charge is 0.222 e. The molecule has 0 spiro atoms. The number of hydrogen-bond acceptors (Lipinski definition) is 7. The Balaban J connectivity index is 1.91. The number of nitrogens with zero attached hydrogens (tertiary/aromatic N) is 3. The van der Waals surface area contributed by atoms with E-state index < -0.39 is 0 Å². The minimum atomic E-state index is -0.0106. The van der Waals surface area contributed by atoms with E-state index in [2.05, 4.69) is 9.97 Å². The zero-order valence-corrected chi connectivity index (χ0v) is 15.2. The molecule has 1 heterocycles. The summed E-state index contributed by atoms with van der Waals surface area (Å²) in [5, 5.41) is 10.0. The van der Waals surface area contributed by atoms with Crippen molar-refractivity contribution in [1.29, 1.82) is 5.26 Å². The molecule has 0 bridgehead atoms. The van der Waals surface area contributed by atoms with Gasteiger partial charge in [0, 0.05) is 10.6 Å². The van der Waals surface area contributed by atoms with Crippen molar-refractivity contribution in [3.63, 3.8) is 0 Å². The summed E-state index contributed by atoms with van der Waals surface area (Å²) in [6, 6.07) is 14.6. The second kappa shape index (κ2) is 7.81. The van der Waals surface area contributed by atoms with Gasteiger partial charge >= 0.3 is 0 Å². The lowest BCUT2D eigenvalue weighted by atomic mass is 10.1. The Kier molecular flexibility index (Phi) is 5.29. The summed E-state index contributed by atoms with van der Waals surface area (Å²) in [5.74, 6) is 1.05. The van der Waals surface area contributed by atoms with Crippen molar-refractivity contribution in [2.24, 2.45) is 0 Å². The summed E-state index contributed by atoms with van der Waals surface area (Å²) < 4.78 is 11.2. The minimum absolute atomic E-state index is 0.0106. The van der Waals surface area contributed by atoms with Crippen LogP contribution in [0.15, 0.2) is 42.5 Å². The van der Waals surface area contributed by atoms with Gasteiger partial charge in [-0.3, -0.25) is 0 Å². The van der Waals surface area contributed by atoms with E-state index in [4.69, 9.17) is 32.5 Å². The number of methoxy groups -OCH3 is 1. The molecule has 1 aromatic heterocycles. The number of halogens is 1. The van der Waals surface area contributed by atoms with E-state index in [-0.39, 0.29) is 17.3 Å². The molecule has 3 rings (SSSR count). The van der Waals surface area contributed by atoms with Gasteiger partial charge < -0.3 is 20.9 Å². The Morgan fingerprint density at radius 3 is 2.48 bits per heavy atom. The van der Waals surface area contributed by atoms with Crippen LogP contribution >= 0.6 is 11.6 Å². The van der Waals surface area contributed by atoms with Crippen molar-refractivity contribution in [1.82, 2.24) is 9.97 Å². The molecule has 2 aromatic carbocycles. The lowest BCUT2D eigenvalue weighted by Crippen LogP contribution is -2.05. The molecule has 136 valence electrons. The second-order valence-electron chi connectivity index (χ2n) is 5.58. The predicted molar refractivity (Wildman–Crippen MR) is 103 cm³/mol. The number of ether oxygens (including phenoxy) is 2. The number of aromatic nitrogens is 2. The minimum Gasteiger partial charge on any atom is -0.493 e. The molecule has 0 aliphatic rings. The summed E-state index contributed by atoms with van der Waals surface area (Å²) in [7, 11) is 1.53. The highest BCUT2D eigenvalue weighted by Crippen LogP contribution is 2.34. The molecule has 7 nitrogen and oxygen atoms in total. The maximum Gasteiger partial charge on any atom is 0.222 e. The first-order chi connectivity index (χ1) is 13.0. The van der Waals surface area contributed by atoms with Crippen LogP contribution in [0.25, 0.3) is 11.3 Å². The molecule has 3 aromatic rings. The third-order valence-corrected chi connectivity index (χ3v) is 4.06. The van der Waals surface area contributed by atoms with Gasteiger partial charge in [-0.1, -0.05) is 23.7 Å². The van der Waals surface area contributed by atoms with Crippen LogP contribution in [0.3, 0.4) is 0 Å². The second-order valence-corrected chi connectivity index (χ2v) is 6.02. The first-order valence-electron chi connectivity index (χ1n) is 7.90. The van der Waals surface area contributed by atoms with Gasteiger partial charge in [0.2, 0.25) is 5.95 Å². The standard InChI is InChI=1S/C19H16ClN5O2/c1-26-16-8-12(17-14(9-21)18(22)25-19(23)24-17)4-7-15(16)27-10-11-2-5-13(20)6-3-11/h2-8H,10H2,1H3,(H4,22,23,24,25). The Hall–Kier alpha value is -3.50. The van der Waals surface area contributed by atoms with Crippen LogP contribution in [0.4, 0.5) is 11.8 Å². The fourth-order valence-corrected chi connectivity index (χ4v) is 2.62. The van der Waals surface area contributed by atoms with Crippen LogP contribution in [0, 0.1) is 11.3 Å². The summed E-state index contributed by atoms with van der Waals surface area (Å²) in [6.07, 6.45) is 0. The van der Waals surface area contributed by atoms with Gasteiger partial charge in [-0.2, -0.15) is 10.2 Å². The fraction of sp³-hybridized carbons (Fsp3) is 0.105. The Morgan fingerprint density at radius 2 is 1.81 bits per heavy atom. The molecule has 0 aliphatic carbocycles. The molecule has 0 aliphatic heterocycles. The van der Waals surface area contributed by atoms with Crippen LogP contribution in [0.5, 0.6) is 11.5 Å². The van der Waals surface area contributed by atoms with E-state index in [0.29, 0.717) is 34.4 Å². The Bertz CT molecular complexity index is 1020. The summed E-state index contributed by atoms with van der Waals surface area (Å²) >= 11 is 5.89. The van der Waals surface area contributed by atoms with Gasteiger partial charge in [0.1, 0.15) is 24.1 Å². The molecule has 0 radical (unpaired) electrons. The van der Waals surface area contributed by atoms with Crippen molar-refractivity contribution < 1.29 is 9.47 Å². The maximum absolute atomic E-state index is 9.35. The molecular formula is C19H16ClN5O2. The molecule has 0 unspecified atom stereocenters. The first kappa shape index (κ1) is 18.3. The Labute approximate surface area is 161 Å². The lowest BCUT2D eigenvalue weighted by Gasteiger charge is -2.13. The highest BCUT2D eigenvalue weighted by atomic mass is 35.5. The number of nitrogen functional groups attached to an aromatic ring is 2. The number of hydrogen-bond donors (Lipinski definition) is 2. The first-order valence-corrected chi connectivity index (χ1v) is 8.28. The number of rotatable bonds is 5. The van der Waals surface area contributed by atoms with Gasteiger partial charge in [-0.25, -0.2) is 4.98 Å². The summed E-state index contributed by atoms with van der Waals surface area (Å²) in [5.41, 5.74) is 13.5. The Morgan fingerprint density at radius 1 is 1.07 bits per heavy atom. The zero-order valence-electron chi connectivity index (χ0n) is 14.4. The zero-order chi connectivity index (χ0) is 19.4. The third-order valence-electron chi connectivity index (χ3n) is 3.81. The van der Waals surface area contributed by atoms with Gasteiger partial charge in [-0.05, 0) is 35.9 Å². The monoisotopic (exact) mass is 381 g/mol. The molecule has 0 amide bonds. The van der Waals surface area contributed by atoms with Crippen LogP contribution in [-0.2, 0) is 6.61 Å².